The molecule has 0 saturated carbocycles. The summed E-state index contributed by atoms with van der Waals surface area (Å²) in [6.07, 6.45) is 3.33. The monoisotopic (exact) mass is 443 g/mol. The lowest BCUT2D eigenvalue weighted by molar-refractivity contribution is -0.141. The Balaban J connectivity index is 1.83. The molecule has 0 fully saturated rings. The number of fused-ring (bicyclic) bond motifs is 1. The molecule has 0 spiro atoms. The first kappa shape index (κ1) is 19.6. The normalized spacial score (nSPS) is 11.0. The van der Waals surface area contributed by atoms with Crippen molar-refractivity contribution in [3.05, 3.63) is 64.3 Å². The Labute approximate surface area is 170 Å². The standard InChI is InChI=1S/C20H18BrN3O4/c1-27-18-8-7-14(21)9-16(18)20(26)23-22-10-13-11-24(12-19(25)28-2)17-6-4-3-5-15(13)17/h3-11H,12H2,1-2H3,(H,23,26)/b22-10-. The zero-order valence-electron chi connectivity index (χ0n) is 15.3. The quantitative estimate of drug-likeness (QED) is 0.359. The molecule has 28 heavy (non-hydrogen) atoms. The van der Waals surface area contributed by atoms with Crippen LogP contribution in [0.3, 0.4) is 0 Å². The van der Waals surface area contributed by atoms with Gasteiger partial charge >= 0.3 is 5.97 Å². The molecule has 0 saturated heterocycles. The van der Waals surface area contributed by atoms with Crippen molar-refractivity contribution in [3.63, 3.8) is 0 Å². The van der Waals surface area contributed by atoms with Gasteiger partial charge < -0.3 is 14.0 Å². The number of halogens is 1. The molecular formula is C20H18BrN3O4. The second kappa shape index (κ2) is 8.71. The van der Waals surface area contributed by atoms with Crippen LogP contribution in [-0.2, 0) is 16.1 Å². The van der Waals surface area contributed by atoms with Crippen LogP contribution in [0.4, 0.5) is 0 Å². The van der Waals surface area contributed by atoms with E-state index in [2.05, 4.69) is 26.5 Å². The number of aromatic nitrogens is 1. The van der Waals surface area contributed by atoms with Crippen molar-refractivity contribution in [1.82, 2.24) is 9.99 Å². The van der Waals surface area contributed by atoms with Gasteiger partial charge in [-0.2, -0.15) is 5.10 Å². The van der Waals surface area contributed by atoms with Gasteiger partial charge in [0.2, 0.25) is 0 Å². The fourth-order valence-electron chi connectivity index (χ4n) is 2.79. The molecule has 0 bridgehead atoms. The number of ether oxygens (including phenoxy) is 2. The molecule has 0 aliphatic carbocycles. The van der Waals surface area contributed by atoms with Gasteiger partial charge in [-0.1, -0.05) is 34.1 Å². The van der Waals surface area contributed by atoms with Crippen LogP contribution >= 0.6 is 15.9 Å². The average Bonchev–Trinajstić information content (AvgIpc) is 3.05. The van der Waals surface area contributed by atoms with Crippen molar-refractivity contribution in [2.24, 2.45) is 5.10 Å². The summed E-state index contributed by atoms with van der Waals surface area (Å²) in [7, 11) is 2.85. The fraction of sp³-hybridized carbons (Fsp3) is 0.150. The number of hydrazone groups is 1. The number of esters is 1. The lowest BCUT2D eigenvalue weighted by Gasteiger charge is -2.07. The van der Waals surface area contributed by atoms with Crippen molar-refractivity contribution < 1.29 is 19.1 Å². The number of hydrogen-bond acceptors (Lipinski definition) is 5. The molecule has 0 unspecified atom stereocenters. The van der Waals surface area contributed by atoms with E-state index in [1.807, 2.05) is 24.3 Å². The van der Waals surface area contributed by atoms with Crippen LogP contribution in [0.2, 0.25) is 0 Å². The molecule has 1 N–H and O–H groups in total. The molecule has 3 aromatic rings. The summed E-state index contributed by atoms with van der Waals surface area (Å²) in [6.45, 7) is 0.0897. The van der Waals surface area contributed by atoms with Gasteiger partial charge in [-0.15, -0.1) is 0 Å². The maximum Gasteiger partial charge on any atom is 0.325 e. The lowest BCUT2D eigenvalue weighted by atomic mass is 10.2. The van der Waals surface area contributed by atoms with E-state index < -0.39 is 5.91 Å². The summed E-state index contributed by atoms with van der Waals surface area (Å²) >= 11 is 3.34. The number of carbonyl (C=O) groups excluding carboxylic acids is 2. The number of amides is 1. The van der Waals surface area contributed by atoms with Gasteiger partial charge in [0.25, 0.3) is 5.91 Å². The van der Waals surface area contributed by atoms with Crippen molar-refractivity contribution in [3.8, 4) is 5.75 Å². The molecule has 0 atom stereocenters. The Morgan fingerprint density at radius 3 is 2.75 bits per heavy atom. The molecule has 0 aliphatic heterocycles. The van der Waals surface area contributed by atoms with Gasteiger partial charge in [-0.25, -0.2) is 5.43 Å². The highest BCUT2D eigenvalue weighted by Gasteiger charge is 2.13. The number of benzene rings is 2. The van der Waals surface area contributed by atoms with Crippen LogP contribution in [0.1, 0.15) is 15.9 Å². The number of nitrogens with zero attached hydrogens (tertiary/aromatic N) is 2. The number of methoxy groups -OCH3 is 2. The predicted octanol–water partition coefficient (Wildman–Crippen LogP) is 3.35. The second-order valence-corrected chi connectivity index (χ2v) is 6.77. The highest BCUT2D eigenvalue weighted by Crippen LogP contribution is 2.23. The Morgan fingerprint density at radius 2 is 2.00 bits per heavy atom. The van der Waals surface area contributed by atoms with E-state index in [9.17, 15) is 9.59 Å². The molecule has 0 aliphatic rings. The molecule has 1 amide bonds. The Kier molecular flexibility index (Phi) is 6.10. The van der Waals surface area contributed by atoms with Crippen LogP contribution in [0.5, 0.6) is 5.75 Å². The summed E-state index contributed by atoms with van der Waals surface area (Å²) in [5.41, 5.74) is 4.50. The summed E-state index contributed by atoms with van der Waals surface area (Å²) < 4.78 is 12.5. The lowest BCUT2D eigenvalue weighted by Crippen LogP contribution is -2.18. The molecule has 2 aromatic carbocycles. The van der Waals surface area contributed by atoms with Crippen LogP contribution in [0, 0.1) is 0 Å². The van der Waals surface area contributed by atoms with Crippen LogP contribution in [0.25, 0.3) is 10.9 Å². The second-order valence-electron chi connectivity index (χ2n) is 5.85. The first-order valence-corrected chi connectivity index (χ1v) is 9.14. The van der Waals surface area contributed by atoms with Gasteiger partial charge in [-0.3, -0.25) is 9.59 Å². The van der Waals surface area contributed by atoms with Crippen LogP contribution < -0.4 is 10.2 Å². The van der Waals surface area contributed by atoms with E-state index in [1.165, 1.54) is 14.2 Å². The van der Waals surface area contributed by atoms with Gasteiger partial charge in [0.15, 0.2) is 0 Å². The Morgan fingerprint density at radius 1 is 1.21 bits per heavy atom. The number of nitrogens with one attached hydrogen (secondary N) is 1. The molecule has 1 aromatic heterocycles. The first-order valence-electron chi connectivity index (χ1n) is 8.35. The molecule has 144 valence electrons. The summed E-state index contributed by atoms with van der Waals surface area (Å²) in [6, 6.07) is 12.7. The van der Waals surface area contributed by atoms with Gasteiger partial charge in [0.05, 0.1) is 26.0 Å². The molecule has 8 heteroatoms. The minimum Gasteiger partial charge on any atom is -0.496 e. The SMILES string of the molecule is COC(=O)Cn1cc(/C=N\NC(=O)c2cc(Br)ccc2OC)c2ccccc21. The molecule has 7 nitrogen and oxygen atoms in total. The molecular weight excluding hydrogens is 426 g/mol. The summed E-state index contributed by atoms with van der Waals surface area (Å²) in [4.78, 5) is 24.1. The maximum atomic E-state index is 12.4. The third-order valence-corrected chi connectivity index (χ3v) is 4.62. The third kappa shape index (κ3) is 4.23. The zero-order valence-corrected chi connectivity index (χ0v) is 16.9. The van der Waals surface area contributed by atoms with Gasteiger partial charge in [-0.05, 0) is 24.3 Å². The van der Waals surface area contributed by atoms with Crippen molar-refractivity contribution in [2.75, 3.05) is 14.2 Å². The first-order chi connectivity index (χ1) is 13.5. The Hall–Kier alpha value is -3.13. The van der Waals surface area contributed by atoms with Crippen LogP contribution in [-0.4, -0.2) is 36.9 Å². The number of carbonyl (C=O) groups is 2. The largest absolute Gasteiger partial charge is 0.496 e. The average molecular weight is 444 g/mol. The highest BCUT2D eigenvalue weighted by molar-refractivity contribution is 9.10. The minimum absolute atomic E-state index is 0.0897. The maximum absolute atomic E-state index is 12.4. The van der Waals surface area contributed by atoms with E-state index >= 15 is 0 Å². The van der Waals surface area contributed by atoms with E-state index in [0.29, 0.717) is 11.3 Å². The number of rotatable bonds is 6. The fourth-order valence-corrected chi connectivity index (χ4v) is 3.15. The van der Waals surface area contributed by atoms with E-state index in [1.54, 1.807) is 35.2 Å². The van der Waals surface area contributed by atoms with Crippen molar-refractivity contribution in [1.29, 1.82) is 0 Å². The molecule has 3 rings (SSSR count). The number of hydrogen-bond donors (Lipinski definition) is 1. The zero-order chi connectivity index (χ0) is 20.1. The van der Waals surface area contributed by atoms with Gasteiger partial charge in [0.1, 0.15) is 12.3 Å². The number of para-hydroxylation sites is 1. The molecule has 0 radical (unpaired) electrons. The van der Waals surface area contributed by atoms with Crippen LogP contribution in [0.15, 0.2) is 58.2 Å². The summed E-state index contributed by atoms with van der Waals surface area (Å²) in [5, 5.41) is 4.97. The van der Waals surface area contributed by atoms with Crippen molar-refractivity contribution in [2.45, 2.75) is 6.54 Å². The Bertz CT molecular complexity index is 1060. The highest BCUT2D eigenvalue weighted by atomic mass is 79.9. The van der Waals surface area contributed by atoms with E-state index in [0.717, 1.165) is 20.9 Å². The van der Waals surface area contributed by atoms with Gasteiger partial charge in [0, 0.05) is 27.1 Å². The molecule has 1 heterocycles. The van der Waals surface area contributed by atoms with Crippen molar-refractivity contribution >= 4 is 44.9 Å². The predicted molar refractivity (Wildman–Crippen MR) is 110 cm³/mol. The minimum atomic E-state index is -0.396. The smallest absolute Gasteiger partial charge is 0.325 e. The third-order valence-electron chi connectivity index (χ3n) is 4.12. The topological polar surface area (TPSA) is 81.9 Å². The van der Waals surface area contributed by atoms with E-state index in [4.69, 9.17) is 9.47 Å². The van der Waals surface area contributed by atoms with E-state index in [-0.39, 0.29) is 12.5 Å². The summed E-state index contributed by atoms with van der Waals surface area (Å²) in [5.74, 6) is -0.294.